The Balaban J connectivity index is 0.00000242. The molecule has 1 fully saturated rings. The summed E-state index contributed by atoms with van der Waals surface area (Å²) in [4.78, 5) is 14.2. The van der Waals surface area contributed by atoms with Crippen molar-refractivity contribution in [3.63, 3.8) is 0 Å². The van der Waals surface area contributed by atoms with Crippen molar-refractivity contribution in [1.82, 2.24) is 10.2 Å². The average molecular weight is 364 g/mol. The minimum Gasteiger partial charge on any atom is -0.492 e. The Hall–Kier alpha value is -1.01. The van der Waals surface area contributed by atoms with E-state index in [1.54, 1.807) is 0 Å². The number of hydrogen-bond acceptors (Lipinski definition) is 4. The smallest absolute Gasteiger partial charge is 0.241 e. The molecule has 5 nitrogen and oxygen atoms in total. The first kappa shape index (κ1) is 22.0. The van der Waals surface area contributed by atoms with Gasteiger partial charge in [-0.15, -0.1) is 24.8 Å². The predicted molar refractivity (Wildman–Crippen MR) is 99.3 cm³/mol. The number of hydrogen-bond donors (Lipinski definition) is 2. The van der Waals surface area contributed by atoms with Crippen LogP contribution in [0.15, 0.2) is 24.3 Å². The first-order valence-corrected chi connectivity index (χ1v) is 7.57. The number of nitrogens with zero attached hydrogens (tertiary/aromatic N) is 1. The topological polar surface area (TPSA) is 53.6 Å². The van der Waals surface area contributed by atoms with Crippen molar-refractivity contribution in [3.8, 4) is 5.75 Å². The van der Waals surface area contributed by atoms with Gasteiger partial charge in [-0.2, -0.15) is 0 Å². The van der Waals surface area contributed by atoms with Crippen LogP contribution in [0, 0.1) is 0 Å². The summed E-state index contributed by atoms with van der Waals surface area (Å²) in [5, 5.41) is 6.20. The van der Waals surface area contributed by atoms with Gasteiger partial charge in [-0.25, -0.2) is 0 Å². The minimum atomic E-state index is -0.0604. The molecule has 1 heterocycles. The van der Waals surface area contributed by atoms with E-state index in [0.717, 1.165) is 43.8 Å². The second-order valence-electron chi connectivity index (χ2n) is 5.67. The molecule has 0 unspecified atom stereocenters. The Bertz CT molecular complexity index is 449. The number of amides is 1. The van der Waals surface area contributed by atoms with Gasteiger partial charge >= 0.3 is 0 Å². The zero-order valence-corrected chi connectivity index (χ0v) is 15.3. The van der Waals surface area contributed by atoms with Crippen molar-refractivity contribution in [1.29, 1.82) is 0 Å². The molecule has 1 atom stereocenters. The van der Waals surface area contributed by atoms with Gasteiger partial charge in [0.05, 0.1) is 6.04 Å². The van der Waals surface area contributed by atoms with Gasteiger partial charge in [0.2, 0.25) is 5.91 Å². The lowest BCUT2D eigenvalue weighted by Crippen LogP contribution is -2.43. The third kappa shape index (κ3) is 7.88. The highest BCUT2D eigenvalue weighted by Gasteiger charge is 2.20. The van der Waals surface area contributed by atoms with E-state index in [4.69, 9.17) is 4.74 Å². The second-order valence-corrected chi connectivity index (χ2v) is 5.67. The number of rotatable bonds is 6. The second kappa shape index (κ2) is 11.5. The number of carbonyl (C=O) groups is 1. The molecular formula is C16H27Cl2N3O2. The summed E-state index contributed by atoms with van der Waals surface area (Å²) < 4.78 is 5.63. The molecule has 132 valence electrons. The van der Waals surface area contributed by atoms with Gasteiger partial charge in [0.25, 0.3) is 0 Å². The Morgan fingerprint density at radius 1 is 1.26 bits per heavy atom. The third-order valence-electron chi connectivity index (χ3n) is 3.56. The van der Waals surface area contributed by atoms with E-state index in [0.29, 0.717) is 6.61 Å². The van der Waals surface area contributed by atoms with Crippen LogP contribution >= 0.6 is 24.8 Å². The quantitative estimate of drug-likeness (QED) is 0.815. The first-order valence-electron chi connectivity index (χ1n) is 7.57. The molecule has 0 aromatic heterocycles. The Morgan fingerprint density at radius 2 is 1.96 bits per heavy atom. The molecular weight excluding hydrogens is 337 g/mol. The van der Waals surface area contributed by atoms with Crippen molar-refractivity contribution in [2.75, 3.05) is 39.1 Å². The molecule has 7 heteroatoms. The van der Waals surface area contributed by atoms with Gasteiger partial charge in [0, 0.05) is 12.2 Å². The van der Waals surface area contributed by atoms with Crippen molar-refractivity contribution in [2.45, 2.75) is 25.3 Å². The largest absolute Gasteiger partial charge is 0.492 e. The molecule has 1 aliphatic heterocycles. The third-order valence-corrected chi connectivity index (χ3v) is 3.56. The molecule has 0 aliphatic carbocycles. The van der Waals surface area contributed by atoms with E-state index < -0.39 is 0 Å². The fourth-order valence-electron chi connectivity index (χ4n) is 2.29. The SMILES string of the molecule is CN(C)CCOc1ccc(NC(=O)[C@H]2CCCCN2)cc1.Cl.Cl. The van der Waals surface area contributed by atoms with Crippen LogP contribution in [0.25, 0.3) is 0 Å². The summed E-state index contributed by atoms with van der Waals surface area (Å²) in [6.45, 7) is 2.47. The van der Waals surface area contributed by atoms with E-state index in [1.165, 1.54) is 0 Å². The molecule has 1 aromatic rings. The van der Waals surface area contributed by atoms with Gasteiger partial charge in [-0.05, 0) is 57.7 Å². The first-order chi connectivity index (χ1) is 10.1. The molecule has 0 radical (unpaired) electrons. The monoisotopic (exact) mass is 363 g/mol. The molecule has 0 spiro atoms. The van der Waals surface area contributed by atoms with Crippen LogP contribution in [0.5, 0.6) is 5.75 Å². The molecule has 2 rings (SSSR count). The van der Waals surface area contributed by atoms with Crippen LogP contribution < -0.4 is 15.4 Å². The highest BCUT2D eigenvalue weighted by Crippen LogP contribution is 2.17. The van der Waals surface area contributed by atoms with Gasteiger partial charge in [0.15, 0.2) is 0 Å². The van der Waals surface area contributed by atoms with Crippen LogP contribution in [0.4, 0.5) is 5.69 Å². The predicted octanol–water partition coefficient (Wildman–Crippen LogP) is 2.55. The number of likely N-dealkylation sites (N-methyl/N-ethyl adjacent to an activating group) is 1. The standard InChI is InChI=1S/C16H25N3O2.2ClH/c1-19(2)11-12-21-14-8-6-13(7-9-14)18-16(20)15-5-3-4-10-17-15;;/h6-9,15,17H,3-5,10-12H2,1-2H3,(H,18,20);2*1H/t15-;;/m1../s1. The number of nitrogens with one attached hydrogen (secondary N) is 2. The number of halogens is 2. The highest BCUT2D eigenvalue weighted by molar-refractivity contribution is 5.94. The maximum atomic E-state index is 12.1. The van der Waals surface area contributed by atoms with Crippen molar-refractivity contribution in [2.24, 2.45) is 0 Å². The van der Waals surface area contributed by atoms with Crippen LogP contribution in [0.1, 0.15) is 19.3 Å². The van der Waals surface area contributed by atoms with Gasteiger partial charge in [0.1, 0.15) is 12.4 Å². The number of anilines is 1. The molecule has 1 aromatic carbocycles. The summed E-state index contributed by atoms with van der Waals surface area (Å²) in [6, 6.07) is 7.48. The van der Waals surface area contributed by atoms with E-state index in [9.17, 15) is 4.79 Å². The normalized spacial score (nSPS) is 16.9. The lowest BCUT2D eigenvalue weighted by molar-refractivity contribution is -0.118. The molecule has 0 bridgehead atoms. The zero-order valence-electron chi connectivity index (χ0n) is 13.7. The van der Waals surface area contributed by atoms with E-state index in [-0.39, 0.29) is 36.8 Å². The van der Waals surface area contributed by atoms with Crippen LogP contribution in [0.3, 0.4) is 0 Å². The fourth-order valence-corrected chi connectivity index (χ4v) is 2.29. The molecule has 1 aliphatic rings. The van der Waals surface area contributed by atoms with Gasteiger partial charge in [-0.1, -0.05) is 6.42 Å². The fraction of sp³-hybridized carbons (Fsp3) is 0.562. The maximum absolute atomic E-state index is 12.1. The Kier molecular flexibility index (Phi) is 11.0. The molecule has 1 amide bonds. The summed E-state index contributed by atoms with van der Waals surface area (Å²) in [7, 11) is 4.03. The Labute approximate surface area is 151 Å². The summed E-state index contributed by atoms with van der Waals surface area (Å²) in [6.07, 6.45) is 3.18. The van der Waals surface area contributed by atoms with Gasteiger partial charge in [-0.3, -0.25) is 4.79 Å². The van der Waals surface area contributed by atoms with Crippen LogP contribution in [-0.4, -0.2) is 50.6 Å². The molecule has 0 saturated carbocycles. The molecule has 1 saturated heterocycles. The molecule has 23 heavy (non-hydrogen) atoms. The lowest BCUT2D eigenvalue weighted by Gasteiger charge is -2.22. The Morgan fingerprint density at radius 3 is 2.52 bits per heavy atom. The minimum absolute atomic E-state index is 0. The summed E-state index contributed by atoms with van der Waals surface area (Å²) >= 11 is 0. The number of carbonyl (C=O) groups excluding carboxylic acids is 1. The highest BCUT2D eigenvalue weighted by atomic mass is 35.5. The summed E-state index contributed by atoms with van der Waals surface area (Å²) in [5.74, 6) is 0.876. The zero-order chi connectivity index (χ0) is 15.1. The van der Waals surface area contributed by atoms with Gasteiger partial charge < -0.3 is 20.3 Å². The van der Waals surface area contributed by atoms with Crippen LogP contribution in [-0.2, 0) is 4.79 Å². The number of piperidine rings is 1. The maximum Gasteiger partial charge on any atom is 0.241 e. The average Bonchev–Trinajstić information content (AvgIpc) is 2.49. The van der Waals surface area contributed by atoms with Crippen molar-refractivity contribution < 1.29 is 9.53 Å². The number of benzene rings is 1. The van der Waals surface area contributed by atoms with Crippen molar-refractivity contribution >= 4 is 36.4 Å². The van der Waals surface area contributed by atoms with E-state index >= 15 is 0 Å². The number of ether oxygens (including phenoxy) is 1. The van der Waals surface area contributed by atoms with Crippen molar-refractivity contribution in [3.05, 3.63) is 24.3 Å². The van der Waals surface area contributed by atoms with E-state index in [2.05, 4.69) is 15.5 Å². The molecule has 2 N–H and O–H groups in total. The van der Waals surface area contributed by atoms with Crippen LogP contribution in [0.2, 0.25) is 0 Å². The summed E-state index contributed by atoms with van der Waals surface area (Å²) in [5.41, 5.74) is 0.812. The lowest BCUT2D eigenvalue weighted by atomic mass is 10.0. The van der Waals surface area contributed by atoms with E-state index in [1.807, 2.05) is 38.4 Å².